The number of benzene rings is 3. The molecule has 0 saturated carbocycles. The van der Waals surface area contributed by atoms with Crippen molar-refractivity contribution in [3.8, 4) is 0 Å². The quantitative estimate of drug-likeness (QED) is 0.254. The summed E-state index contributed by atoms with van der Waals surface area (Å²) >= 11 is 6.01. The number of amides is 1. The molecule has 33 heavy (non-hydrogen) atoms. The summed E-state index contributed by atoms with van der Waals surface area (Å²) in [5.41, 5.74) is 2.69. The lowest BCUT2D eigenvalue weighted by atomic mass is 9.94. The molecule has 3 aromatic carbocycles. The number of anilines is 1. The van der Waals surface area contributed by atoms with Crippen LogP contribution in [0.2, 0.25) is 5.02 Å². The van der Waals surface area contributed by atoms with Crippen LogP contribution in [0.1, 0.15) is 33.1 Å². The summed E-state index contributed by atoms with van der Waals surface area (Å²) in [6.45, 7) is 1.91. The van der Waals surface area contributed by atoms with Gasteiger partial charge in [-0.3, -0.25) is 14.5 Å². The Balaban J connectivity index is 1.90. The topological polar surface area (TPSA) is 83.9 Å². The van der Waals surface area contributed by atoms with Crippen molar-refractivity contribution in [1.82, 2.24) is 0 Å². The third-order valence-corrected chi connectivity index (χ3v) is 5.77. The molecule has 166 valence electrons. The van der Waals surface area contributed by atoms with Gasteiger partial charge in [-0.2, -0.15) is 0 Å². The Bertz CT molecular complexity index is 1260. The first kappa shape index (κ1) is 22.3. The van der Waals surface area contributed by atoms with Crippen molar-refractivity contribution in [1.29, 1.82) is 0 Å². The molecule has 7 heteroatoms. The van der Waals surface area contributed by atoms with Gasteiger partial charge in [0, 0.05) is 16.3 Å². The van der Waals surface area contributed by atoms with Crippen LogP contribution in [-0.4, -0.2) is 29.9 Å². The van der Waals surface area contributed by atoms with Gasteiger partial charge in [-0.1, -0.05) is 53.6 Å². The molecule has 3 aromatic rings. The van der Waals surface area contributed by atoms with Gasteiger partial charge < -0.3 is 9.84 Å². The molecule has 6 nitrogen and oxygen atoms in total. The molecule has 1 N–H and O–H groups in total. The number of carbonyl (C=O) groups is 3. The molecule has 1 amide bonds. The molecule has 1 aliphatic rings. The largest absolute Gasteiger partial charge is 0.507 e. The van der Waals surface area contributed by atoms with E-state index in [1.807, 2.05) is 19.1 Å². The summed E-state index contributed by atoms with van der Waals surface area (Å²) in [4.78, 5) is 39.4. The Morgan fingerprint density at radius 3 is 2.06 bits per heavy atom. The maximum Gasteiger partial charge on any atom is 0.337 e. The number of rotatable bonds is 4. The minimum atomic E-state index is -0.904. The standard InChI is InChI=1S/C26H20ClNO5/c1-15-3-5-17(6-4-15)23(29)21-22(16-7-9-18(10-8-16)26(32)33-2)28(25(31)24(21)30)20-13-11-19(27)12-14-20/h3-14,22,29H,1-2H3/b23-21+. The molecule has 0 bridgehead atoms. The zero-order chi connectivity index (χ0) is 23.7. The summed E-state index contributed by atoms with van der Waals surface area (Å²) in [6.07, 6.45) is 0. The minimum Gasteiger partial charge on any atom is -0.507 e. The van der Waals surface area contributed by atoms with Crippen molar-refractivity contribution in [3.63, 3.8) is 0 Å². The SMILES string of the molecule is COC(=O)c1ccc(C2/C(=C(\O)c3ccc(C)cc3)C(=O)C(=O)N2c2ccc(Cl)cc2)cc1. The van der Waals surface area contributed by atoms with Gasteiger partial charge in [-0.25, -0.2) is 4.79 Å². The van der Waals surface area contributed by atoms with E-state index in [2.05, 4.69) is 0 Å². The molecule has 1 atom stereocenters. The molecule has 0 spiro atoms. The number of methoxy groups -OCH3 is 1. The van der Waals surface area contributed by atoms with Gasteiger partial charge in [0.2, 0.25) is 0 Å². The molecule has 0 aliphatic carbocycles. The number of ether oxygens (including phenoxy) is 1. The maximum absolute atomic E-state index is 13.1. The number of aliphatic hydroxyl groups is 1. The highest BCUT2D eigenvalue weighted by Gasteiger charge is 2.47. The summed E-state index contributed by atoms with van der Waals surface area (Å²) in [5, 5.41) is 11.6. The first-order valence-electron chi connectivity index (χ1n) is 10.1. The first-order chi connectivity index (χ1) is 15.8. The number of carbonyl (C=O) groups excluding carboxylic acids is 3. The van der Waals surface area contributed by atoms with E-state index in [0.29, 0.717) is 27.4 Å². The Morgan fingerprint density at radius 1 is 0.909 bits per heavy atom. The van der Waals surface area contributed by atoms with Crippen molar-refractivity contribution in [2.45, 2.75) is 13.0 Å². The summed E-state index contributed by atoms with van der Waals surface area (Å²) in [6, 6.07) is 19.0. The second-order valence-corrected chi connectivity index (χ2v) is 8.06. The van der Waals surface area contributed by atoms with Crippen molar-refractivity contribution < 1.29 is 24.2 Å². The second-order valence-electron chi connectivity index (χ2n) is 7.63. The van der Waals surface area contributed by atoms with Crippen LogP contribution in [0.4, 0.5) is 5.69 Å². The molecule has 0 aromatic heterocycles. The van der Waals surface area contributed by atoms with Crippen LogP contribution in [0.15, 0.2) is 78.4 Å². The number of aryl methyl sites for hydroxylation is 1. The summed E-state index contributed by atoms with van der Waals surface area (Å²) in [5.74, 6) is -2.35. The van der Waals surface area contributed by atoms with Crippen molar-refractivity contribution in [2.75, 3.05) is 12.0 Å². The average molecular weight is 462 g/mol. The van der Waals surface area contributed by atoms with Crippen LogP contribution in [-0.2, 0) is 14.3 Å². The zero-order valence-electron chi connectivity index (χ0n) is 17.9. The number of esters is 1. The third-order valence-electron chi connectivity index (χ3n) is 5.52. The van der Waals surface area contributed by atoms with E-state index >= 15 is 0 Å². The van der Waals surface area contributed by atoms with Gasteiger partial charge in [0.05, 0.1) is 24.3 Å². The van der Waals surface area contributed by atoms with Gasteiger partial charge in [0.1, 0.15) is 5.76 Å². The molecule has 0 radical (unpaired) electrons. The highest BCUT2D eigenvalue weighted by molar-refractivity contribution is 6.51. The Kier molecular flexibility index (Phi) is 6.03. The molecule has 1 fully saturated rings. The monoisotopic (exact) mass is 461 g/mol. The van der Waals surface area contributed by atoms with Gasteiger partial charge >= 0.3 is 5.97 Å². The number of hydrogen-bond acceptors (Lipinski definition) is 5. The van der Waals surface area contributed by atoms with Crippen LogP contribution in [0.5, 0.6) is 0 Å². The van der Waals surface area contributed by atoms with E-state index in [4.69, 9.17) is 16.3 Å². The highest BCUT2D eigenvalue weighted by Crippen LogP contribution is 2.42. The van der Waals surface area contributed by atoms with Crippen LogP contribution in [0.25, 0.3) is 5.76 Å². The lowest BCUT2D eigenvalue weighted by molar-refractivity contribution is -0.132. The maximum atomic E-state index is 13.1. The predicted molar refractivity (Wildman–Crippen MR) is 125 cm³/mol. The first-order valence-corrected chi connectivity index (χ1v) is 10.5. The normalized spacial score (nSPS) is 17.3. The smallest absolute Gasteiger partial charge is 0.337 e. The highest BCUT2D eigenvalue weighted by atomic mass is 35.5. The third kappa shape index (κ3) is 4.13. The van der Waals surface area contributed by atoms with Gasteiger partial charge in [-0.15, -0.1) is 0 Å². The van der Waals surface area contributed by atoms with E-state index in [1.54, 1.807) is 60.7 Å². The molecule has 1 unspecified atom stereocenters. The number of halogens is 1. The fourth-order valence-electron chi connectivity index (χ4n) is 3.80. The average Bonchev–Trinajstić information content (AvgIpc) is 3.09. The zero-order valence-corrected chi connectivity index (χ0v) is 18.7. The van der Waals surface area contributed by atoms with E-state index in [9.17, 15) is 19.5 Å². The fraction of sp³-hybridized carbons (Fsp3) is 0.115. The van der Waals surface area contributed by atoms with E-state index in [0.717, 1.165) is 5.56 Å². The van der Waals surface area contributed by atoms with Crippen molar-refractivity contribution in [2.24, 2.45) is 0 Å². The molecular formula is C26H20ClNO5. The molecule has 4 rings (SSSR count). The van der Waals surface area contributed by atoms with Crippen LogP contribution >= 0.6 is 11.6 Å². The predicted octanol–water partition coefficient (Wildman–Crippen LogP) is 5.06. The fourth-order valence-corrected chi connectivity index (χ4v) is 3.93. The number of nitrogens with zero attached hydrogens (tertiary/aromatic N) is 1. The number of ketones is 1. The number of Topliss-reactive ketones (excluding diaryl/α,β-unsaturated/α-hetero) is 1. The van der Waals surface area contributed by atoms with E-state index in [1.165, 1.54) is 12.0 Å². The summed E-state index contributed by atoms with van der Waals surface area (Å²) < 4.78 is 4.74. The van der Waals surface area contributed by atoms with Crippen molar-refractivity contribution >= 4 is 40.7 Å². The van der Waals surface area contributed by atoms with Crippen LogP contribution in [0.3, 0.4) is 0 Å². The van der Waals surface area contributed by atoms with Crippen LogP contribution < -0.4 is 4.90 Å². The lowest BCUT2D eigenvalue weighted by Gasteiger charge is -2.25. The van der Waals surface area contributed by atoms with E-state index < -0.39 is 23.7 Å². The minimum absolute atomic E-state index is 0.0374. The number of aliphatic hydroxyl groups excluding tert-OH is 1. The molecule has 1 saturated heterocycles. The number of hydrogen-bond donors (Lipinski definition) is 1. The second kappa shape index (κ2) is 8.92. The Labute approximate surface area is 195 Å². The Morgan fingerprint density at radius 2 is 1.48 bits per heavy atom. The molecule has 1 heterocycles. The van der Waals surface area contributed by atoms with Gasteiger partial charge in [0.25, 0.3) is 11.7 Å². The molecule has 1 aliphatic heterocycles. The van der Waals surface area contributed by atoms with E-state index in [-0.39, 0.29) is 11.3 Å². The molecular weight excluding hydrogens is 442 g/mol. The van der Waals surface area contributed by atoms with Crippen LogP contribution in [0, 0.1) is 6.92 Å². The van der Waals surface area contributed by atoms with Gasteiger partial charge in [-0.05, 0) is 48.9 Å². The van der Waals surface area contributed by atoms with Crippen molar-refractivity contribution in [3.05, 3.63) is 106 Å². The lowest BCUT2D eigenvalue weighted by Crippen LogP contribution is -2.29. The summed E-state index contributed by atoms with van der Waals surface area (Å²) in [7, 11) is 1.28. The Hall–Kier alpha value is -3.90. The van der Waals surface area contributed by atoms with Gasteiger partial charge in [0.15, 0.2) is 0 Å².